The van der Waals surface area contributed by atoms with E-state index in [0.29, 0.717) is 17.8 Å². The Morgan fingerprint density at radius 2 is 1.72 bits per heavy atom. The summed E-state index contributed by atoms with van der Waals surface area (Å²) < 4.78 is 0. The van der Waals surface area contributed by atoms with Crippen LogP contribution >= 0.6 is 0 Å². The molecule has 5 unspecified atom stereocenters. The van der Waals surface area contributed by atoms with E-state index in [1.54, 1.807) is 5.57 Å². The molecule has 0 heteroatoms. The molecule has 0 bridgehead atoms. The fourth-order valence-electron chi connectivity index (χ4n) is 5.77. The van der Waals surface area contributed by atoms with Crippen LogP contribution in [0, 0.1) is 35.5 Å². The second-order valence-corrected chi connectivity index (χ2v) is 8.41. The maximum absolute atomic E-state index is 4.21. The highest BCUT2D eigenvalue weighted by atomic mass is 14.5. The van der Waals surface area contributed by atoms with Gasteiger partial charge in [0, 0.05) is 0 Å². The van der Waals surface area contributed by atoms with Crippen LogP contribution in [0.2, 0.25) is 0 Å². The summed E-state index contributed by atoms with van der Waals surface area (Å²) in [6.07, 6.45) is 13.4. The summed E-state index contributed by atoms with van der Waals surface area (Å²) in [5.41, 5.74) is 3.20. The molecular weight excluding hydrogens is 300 g/mol. The molecule has 1 saturated carbocycles. The Kier molecular flexibility index (Phi) is 9.83. The first kappa shape index (κ1) is 22.3. The Bertz CT molecular complexity index is 439. The molecule has 5 atom stereocenters. The number of allylic oxidation sites excluding steroid dienone is 4. The van der Waals surface area contributed by atoms with E-state index in [1.807, 2.05) is 0 Å². The van der Waals surface area contributed by atoms with Crippen LogP contribution in [0.3, 0.4) is 0 Å². The molecule has 0 spiro atoms. The predicted molar refractivity (Wildman–Crippen MR) is 115 cm³/mol. The van der Waals surface area contributed by atoms with E-state index in [9.17, 15) is 0 Å². The molecule has 0 N–H and O–H groups in total. The van der Waals surface area contributed by atoms with Crippen molar-refractivity contribution in [2.45, 2.75) is 86.5 Å². The van der Waals surface area contributed by atoms with Crippen molar-refractivity contribution in [3.63, 3.8) is 0 Å². The van der Waals surface area contributed by atoms with E-state index < -0.39 is 0 Å². The van der Waals surface area contributed by atoms with E-state index >= 15 is 0 Å². The predicted octanol–water partition coefficient (Wildman–Crippen LogP) is 8.22. The van der Waals surface area contributed by atoms with Crippen LogP contribution in [-0.4, -0.2) is 0 Å². The summed E-state index contributed by atoms with van der Waals surface area (Å²) in [6, 6.07) is 0. The van der Waals surface area contributed by atoms with Gasteiger partial charge < -0.3 is 0 Å². The van der Waals surface area contributed by atoms with E-state index in [-0.39, 0.29) is 0 Å². The summed E-state index contributed by atoms with van der Waals surface area (Å²) in [6.45, 7) is 22.7. The van der Waals surface area contributed by atoms with Crippen LogP contribution in [0.25, 0.3) is 0 Å². The van der Waals surface area contributed by atoms with Gasteiger partial charge in [-0.2, -0.15) is 0 Å². The highest BCUT2D eigenvalue weighted by molar-refractivity contribution is 5.27. The van der Waals surface area contributed by atoms with Gasteiger partial charge in [0.25, 0.3) is 0 Å². The normalized spacial score (nSPS) is 29.2. The van der Waals surface area contributed by atoms with Crippen molar-refractivity contribution in [1.29, 1.82) is 0 Å². The second kappa shape index (κ2) is 11.0. The van der Waals surface area contributed by atoms with Crippen molar-refractivity contribution >= 4 is 0 Å². The molecule has 0 heterocycles. The average molecular weight is 345 g/mol. The zero-order valence-corrected chi connectivity index (χ0v) is 18.0. The maximum Gasteiger partial charge on any atom is -0.0141 e. The minimum atomic E-state index is 0.693. The minimum Gasteiger partial charge on any atom is -0.103 e. The molecule has 1 fully saturated rings. The quantitative estimate of drug-likeness (QED) is 0.276. The van der Waals surface area contributed by atoms with E-state index in [0.717, 1.165) is 24.2 Å². The van der Waals surface area contributed by atoms with Crippen LogP contribution in [0.15, 0.2) is 36.5 Å². The van der Waals surface area contributed by atoms with Crippen LogP contribution in [0.1, 0.15) is 86.5 Å². The van der Waals surface area contributed by atoms with Gasteiger partial charge in [-0.05, 0) is 73.2 Å². The first-order valence-electron chi connectivity index (χ1n) is 11.0. The minimum absolute atomic E-state index is 0.693. The standard InChI is InChI=1S/C25H44/c1-9-15-23-20(12-4)16-17-21(13-5)25(23)24(18(7)8)22(14-6)19(10-2)11-3/h10,12,18,20-21,23-25H,2,4,9,11,13-17H2,1,3,5-8H3/b22-19-. The van der Waals surface area contributed by atoms with Crippen molar-refractivity contribution in [3.05, 3.63) is 36.5 Å². The summed E-state index contributed by atoms with van der Waals surface area (Å²) in [5.74, 6) is 4.57. The monoisotopic (exact) mass is 344 g/mol. The molecule has 1 aliphatic rings. The smallest absolute Gasteiger partial charge is 0.0141 e. The van der Waals surface area contributed by atoms with Gasteiger partial charge in [-0.3, -0.25) is 0 Å². The number of hydrogen-bond donors (Lipinski definition) is 0. The van der Waals surface area contributed by atoms with Crippen molar-refractivity contribution in [3.8, 4) is 0 Å². The highest BCUT2D eigenvalue weighted by Gasteiger charge is 2.43. The Morgan fingerprint density at radius 1 is 1.04 bits per heavy atom. The third kappa shape index (κ3) is 5.11. The molecule has 0 nitrogen and oxygen atoms in total. The van der Waals surface area contributed by atoms with Crippen LogP contribution in [0.4, 0.5) is 0 Å². The highest BCUT2D eigenvalue weighted by Crippen LogP contribution is 2.51. The van der Waals surface area contributed by atoms with Gasteiger partial charge in [0.05, 0.1) is 0 Å². The molecule has 0 saturated heterocycles. The van der Waals surface area contributed by atoms with E-state index in [2.05, 4.69) is 66.9 Å². The zero-order valence-electron chi connectivity index (χ0n) is 18.0. The van der Waals surface area contributed by atoms with Gasteiger partial charge in [-0.25, -0.2) is 0 Å². The first-order chi connectivity index (χ1) is 12.0. The van der Waals surface area contributed by atoms with Crippen molar-refractivity contribution < 1.29 is 0 Å². The third-order valence-corrected chi connectivity index (χ3v) is 6.86. The maximum atomic E-state index is 4.21. The molecule has 1 aliphatic carbocycles. The number of hydrogen-bond acceptors (Lipinski definition) is 0. The second-order valence-electron chi connectivity index (χ2n) is 8.41. The van der Waals surface area contributed by atoms with Gasteiger partial charge in [-0.15, -0.1) is 6.58 Å². The van der Waals surface area contributed by atoms with Crippen molar-refractivity contribution in [1.82, 2.24) is 0 Å². The molecule has 0 aromatic rings. The molecule has 0 aromatic carbocycles. The van der Waals surface area contributed by atoms with Crippen LogP contribution < -0.4 is 0 Å². The lowest BCUT2D eigenvalue weighted by molar-refractivity contribution is 0.0458. The summed E-state index contributed by atoms with van der Waals surface area (Å²) in [4.78, 5) is 0. The molecule has 0 amide bonds. The fourth-order valence-corrected chi connectivity index (χ4v) is 5.77. The fraction of sp³-hybridized carbons (Fsp3) is 0.760. The Morgan fingerprint density at radius 3 is 2.12 bits per heavy atom. The lowest BCUT2D eigenvalue weighted by Crippen LogP contribution is -2.41. The molecular formula is C25H44. The molecule has 0 radical (unpaired) electrons. The largest absolute Gasteiger partial charge is 0.103 e. The van der Waals surface area contributed by atoms with E-state index in [4.69, 9.17) is 0 Å². The average Bonchev–Trinajstić information content (AvgIpc) is 2.62. The summed E-state index contributed by atoms with van der Waals surface area (Å²) in [7, 11) is 0. The van der Waals surface area contributed by atoms with Crippen molar-refractivity contribution in [2.24, 2.45) is 35.5 Å². The molecule has 0 aromatic heterocycles. The topological polar surface area (TPSA) is 0 Å². The zero-order chi connectivity index (χ0) is 19.0. The Hall–Kier alpha value is -0.780. The van der Waals surface area contributed by atoms with Crippen LogP contribution in [-0.2, 0) is 0 Å². The third-order valence-electron chi connectivity index (χ3n) is 6.86. The number of rotatable bonds is 10. The Balaban J connectivity index is 3.46. The molecule has 144 valence electrons. The Labute approximate surface area is 158 Å². The van der Waals surface area contributed by atoms with Gasteiger partial charge in [-0.1, -0.05) is 78.7 Å². The van der Waals surface area contributed by atoms with Crippen LogP contribution in [0.5, 0.6) is 0 Å². The summed E-state index contributed by atoms with van der Waals surface area (Å²) in [5, 5.41) is 0. The van der Waals surface area contributed by atoms with Gasteiger partial charge in [0.15, 0.2) is 0 Å². The first-order valence-corrected chi connectivity index (χ1v) is 11.0. The molecule has 1 rings (SSSR count). The van der Waals surface area contributed by atoms with E-state index in [1.165, 1.54) is 44.1 Å². The molecule has 25 heavy (non-hydrogen) atoms. The lowest BCUT2D eigenvalue weighted by atomic mass is 9.56. The van der Waals surface area contributed by atoms with Crippen molar-refractivity contribution in [2.75, 3.05) is 0 Å². The molecule has 0 aliphatic heterocycles. The SMILES string of the molecule is C=C/C(CC)=C(\CC)C(C(C)C)C1C(CC)CCC(C=C)C1CCC. The van der Waals surface area contributed by atoms with Gasteiger partial charge in [0.1, 0.15) is 0 Å². The lowest BCUT2D eigenvalue weighted by Gasteiger charge is -2.48. The van der Waals surface area contributed by atoms with Gasteiger partial charge >= 0.3 is 0 Å². The summed E-state index contributed by atoms with van der Waals surface area (Å²) >= 11 is 0. The van der Waals surface area contributed by atoms with Gasteiger partial charge in [0.2, 0.25) is 0 Å².